The van der Waals surface area contributed by atoms with E-state index in [0.717, 1.165) is 43.6 Å². The molecule has 0 unspecified atom stereocenters. The van der Waals surface area contributed by atoms with Crippen molar-refractivity contribution in [1.29, 1.82) is 0 Å². The number of aliphatic carboxylic acids is 1. The molecule has 3 atom stereocenters. The fourth-order valence-electron chi connectivity index (χ4n) is 8.76. The first-order chi connectivity index (χ1) is 19.9. The number of nitrogens with zero attached hydrogens (tertiary/aromatic N) is 4. The highest BCUT2D eigenvalue weighted by atomic mass is 16.4. The molecule has 7 heteroatoms. The summed E-state index contributed by atoms with van der Waals surface area (Å²) >= 11 is 0. The molecule has 1 saturated carbocycles. The quantitative estimate of drug-likeness (QED) is 0.378. The number of fused-ring (bicyclic) bond motifs is 3. The third kappa shape index (κ3) is 4.39. The molecular formula is C34H42N4O3. The number of aryl methyl sites for hydroxylation is 1. The number of imidazole rings is 1. The average molecular weight is 555 g/mol. The second kappa shape index (κ2) is 10.3. The van der Waals surface area contributed by atoms with Crippen molar-refractivity contribution in [3.05, 3.63) is 66.0 Å². The molecule has 4 fully saturated rings. The van der Waals surface area contributed by atoms with E-state index in [4.69, 9.17) is 4.98 Å². The Hall–Kier alpha value is -3.19. The van der Waals surface area contributed by atoms with Gasteiger partial charge in [0.25, 0.3) is 0 Å². The van der Waals surface area contributed by atoms with E-state index in [2.05, 4.69) is 71.0 Å². The van der Waals surface area contributed by atoms with Crippen LogP contribution in [-0.2, 0) is 15.0 Å². The lowest BCUT2D eigenvalue weighted by Crippen LogP contribution is -2.56. The number of carboxylic acid groups (broad SMARTS) is 1. The molecule has 3 aromatic rings. The number of benzene rings is 2. The molecule has 1 N–H and O–H groups in total. The van der Waals surface area contributed by atoms with Crippen molar-refractivity contribution in [3.8, 4) is 0 Å². The number of rotatable bonds is 7. The number of para-hydroxylation sites is 2. The first-order valence-corrected chi connectivity index (χ1v) is 15.7. The van der Waals surface area contributed by atoms with Crippen LogP contribution in [0, 0.1) is 12.3 Å². The number of amides is 1. The monoisotopic (exact) mass is 554 g/mol. The van der Waals surface area contributed by atoms with E-state index in [1.54, 1.807) is 0 Å². The molecule has 4 aliphatic rings. The lowest BCUT2D eigenvalue weighted by molar-refractivity contribution is -0.168. The maximum absolute atomic E-state index is 13.4. The van der Waals surface area contributed by atoms with Crippen molar-refractivity contribution in [1.82, 2.24) is 19.4 Å². The normalized spacial score (nSPS) is 27.0. The van der Waals surface area contributed by atoms with Gasteiger partial charge in [0.05, 0.1) is 11.0 Å². The maximum Gasteiger partial charge on any atom is 0.319 e. The van der Waals surface area contributed by atoms with E-state index in [9.17, 15) is 14.7 Å². The van der Waals surface area contributed by atoms with Gasteiger partial charge in [-0.2, -0.15) is 0 Å². The molecule has 3 saturated heterocycles. The highest BCUT2D eigenvalue weighted by Gasteiger charge is 2.54. The van der Waals surface area contributed by atoms with E-state index in [-0.39, 0.29) is 11.3 Å². The van der Waals surface area contributed by atoms with E-state index in [1.165, 1.54) is 36.8 Å². The maximum atomic E-state index is 13.4. The SMILES string of the molecule is Cc1nc2ccccc2n1[C@H]1C[C@H]2CC[C@@H](C1)N2CCC1(c2ccccc2)CCN(C(=O)C2(C(=O)O)CCC2)CC1. The second-order valence-electron chi connectivity index (χ2n) is 13.2. The van der Waals surface area contributed by atoms with Crippen LogP contribution >= 0.6 is 0 Å². The number of carbonyl (C=O) groups excluding carboxylic acids is 1. The number of hydrogen-bond acceptors (Lipinski definition) is 4. The Labute approximate surface area is 242 Å². The summed E-state index contributed by atoms with van der Waals surface area (Å²) in [7, 11) is 0. The fraction of sp³-hybridized carbons (Fsp3) is 0.559. The third-order valence-electron chi connectivity index (χ3n) is 11.3. The van der Waals surface area contributed by atoms with E-state index in [0.29, 0.717) is 44.1 Å². The molecule has 4 heterocycles. The summed E-state index contributed by atoms with van der Waals surface area (Å²) in [6.07, 6.45) is 9.54. The van der Waals surface area contributed by atoms with E-state index in [1.807, 2.05) is 4.90 Å². The molecule has 7 rings (SSSR count). The van der Waals surface area contributed by atoms with Crippen molar-refractivity contribution < 1.29 is 14.7 Å². The summed E-state index contributed by atoms with van der Waals surface area (Å²) in [5, 5.41) is 9.84. The Balaban J connectivity index is 1.06. The van der Waals surface area contributed by atoms with Crippen molar-refractivity contribution in [2.45, 2.75) is 94.7 Å². The number of carbonyl (C=O) groups is 2. The Kier molecular flexibility index (Phi) is 6.68. The summed E-state index contributed by atoms with van der Waals surface area (Å²) in [6, 6.07) is 21.1. The van der Waals surface area contributed by atoms with Crippen LogP contribution in [0.3, 0.4) is 0 Å². The first kappa shape index (κ1) is 26.7. The van der Waals surface area contributed by atoms with Crippen molar-refractivity contribution in [2.75, 3.05) is 19.6 Å². The lowest BCUT2D eigenvalue weighted by atomic mass is 9.66. The van der Waals surface area contributed by atoms with Gasteiger partial charge in [0, 0.05) is 31.2 Å². The Morgan fingerprint density at radius 1 is 0.902 bits per heavy atom. The molecule has 2 aromatic carbocycles. The largest absolute Gasteiger partial charge is 0.480 e. The van der Waals surface area contributed by atoms with Crippen molar-refractivity contribution in [2.24, 2.45) is 5.41 Å². The Bertz CT molecular complexity index is 1420. The number of piperidine rings is 2. The molecular weight excluding hydrogens is 512 g/mol. The summed E-state index contributed by atoms with van der Waals surface area (Å²) in [5.74, 6) is 0.0340. The van der Waals surface area contributed by atoms with Crippen LogP contribution in [0.1, 0.15) is 81.6 Å². The first-order valence-electron chi connectivity index (χ1n) is 15.7. The summed E-state index contributed by atoms with van der Waals surface area (Å²) in [4.78, 5) is 34.9. The molecule has 0 radical (unpaired) electrons. The van der Waals surface area contributed by atoms with E-state index < -0.39 is 11.4 Å². The molecule has 0 spiro atoms. The van der Waals surface area contributed by atoms with Gasteiger partial charge in [0.15, 0.2) is 0 Å². The van der Waals surface area contributed by atoms with Crippen LogP contribution in [-0.4, -0.2) is 68.1 Å². The van der Waals surface area contributed by atoms with Crippen molar-refractivity contribution >= 4 is 22.9 Å². The topological polar surface area (TPSA) is 78.7 Å². The van der Waals surface area contributed by atoms with Crippen LogP contribution in [0.2, 0.25) is 0 Å². The standard InChI is InChI=1S/C34H42N4O3/c1-24-35-29-10-5-6-11-30(29)38(24)28-22-26-12-13-27(23-28)37(26)21-18-33(25-8-3-2-4-9-25)16-19-36(20-17-33)31(39)34(32(40)41)14-7-15-34/h2-6,8-11,26-28H,7,12-23H2,1H3,(H,40,41)/t26-,27+,28+. The van der Waals surface area contributed by atoms with Gasteiger partial charge in [-0.25, -0.2) is 4.98 Å². The summed E-state index contributed by atoms with van der Waals surface area (Å²) < 4.78 is 2.50. The Morgan fingerprint density at radius 2 is 1.56 bits per heavy atom. The molecule has 41 heavy (non-hydrogen) atoms. The minimum atomic E-state index is -1.17. The van der Waals surface area contributed by atoms with Gasteiger partial charge in [-0.05, 0) is 94.4 Å². The minimum Gasteiger partial charge on any atom is -0.480 e. The van der Waals surface area contributed by atoms with Gasteiger partial charge < -0.3 is 14.6 Å². The van der Waals surface area contributed by atoms with Crippen LogP contribution in [0.4, 0.5) is 0 Å². The number of hydrogen-bond donors (Lipinski definition) is 1. The molecule has 1 aromatic heterocycles. The highest BCUT2D eigenvalue weighted by molar-refractivity contribution is 6.02. The predicted octanol–water partition coefficient (Wildman–Crippen LogP) is 5.72. The highest BCUT2D eigenvalue weighted by Crippen LogP contribution is 2.47. The zero-order valence-electron chi connectivity index (χ0n) is 24.2. The van der Waals surface area contributed by atoms with Crippen molar-refractivity contribution in [3.63, 3.8) is 0 Å². The molecule has 7 nitrogen and oxygen atoms in total. The molecule has 2 bridgehead atoms. The van der Waals surface area contributed by atoms with Crippen LogP contribution < -0.4 is 0 Å². The van der Waals surface area contributed by atoms with Gasteiger partial charge in [-0.15, -0.1) is 0 Å². The predicted molar refractivity (Wildman–Crippen MR) is 159 cm³/mol. The van der Waals surface area contributed by atoms with Crippen LogP contribution in [0.5, 0.6) is 0 Å². The lowest BCUT2D eigenvalue weighted by Gasteiger charge is -2.47. The van der Waals surface area contributed by atoms with Gasteiger partial charge in [0.1, 0.15) is 11.2 Å². The minimum absolute atomic E-state index is 0.0153. The zero-order chi connectivity index (χ0) is 28.2. The van der Waals surface area contributed by atoms with Gasteiger partial charge >= 0.3 is 5.97 Å². The van der Waals surface area contributed by atoms with Gasteiger partial charge in [-0.3, -0.25) is 14.5 Å². The summed E-state index contributed by atoms with van der Waals surface area (Å²) in [6.45, 7) is 4.52. The smallest absolute Gasteiger partial charge is 0.319 e. The van der Waals surface area contributed by atoms with Crippen LogP contribution in [0.25, 0.3) is 11.0 Å². The zero-order valence-corrected chi connectivity index (χ0v) is 24.2. The third-order valence-corrected chi connectivity index (χ3v) is 11.3. The fourth-order valence-corrected chi connectivity index (χ4v) is 8.76. The molecule has 1 aliphatic carbocycles. The average Bonchev–Trinajstić information content (AvgIpc) is 3.42. The molecule has 216 valence electrons. The molecule has 1 amide bonds. The van der Waals surface area contributed by atoms with Crippen LogP contribution in [0.15, 0.2) is 54.6 Å². The summed E-state index contributed by atoms with van der Waals surface area (Å²) in [5.41, 5.74) is 2.57. The van der Waals surface area contributed by atoms with Gasteiger partial charge in [0.2, 0.25) is 5.91 Å². The number of likely N-dealkylation sites (tertiary alicyclic amines) is 1. The molecule has 3 aliphatic heterocycles. The van der Waals surface area contributed by atoms with Gasteiger partial charge in [-0.1, -0.05) is 48.9 Å². The second-order valence-corrected chi connectivity index (χ2v) is 13.2. The van der Waals surface area contributed by atoms with E-state index >= 15 is 0 Å². The number of aromatic nitrogens is 2. The number of carboxylic acids is 1. The Morgan fingerprint density at radius 3 is 2.20 bits per heavy atom.